The number of carbonyl (C=O) groups is 1. The van der Waals surface area contributed by atoms with Crippen molar-refractivity contribution >= 4 is 11.9 Å². The minimum atomic E-state index is -0.244. The maximum atomic E-state index is 11.2. The average Bonchev–Trinajstić information content (AvgIpc) is 2.63. The summed E-state index contributed by atoms with van der Waals surface area (Å²) in [6.45, 7) is 3.10. The van der Waals surface area contributed by atoms with Gasteiger partial charge in [0.05, 0.1) is 7.11 Å². The fourth-order valence-electron chi connectivity index (χ4n) is 1.40. The third-order valence-corrected chi connectivity index (χ3v) is 2.12. The Morgan fingerprint density at radius 3 is 2.87 bits per heavy atom. The molecule has 84 valence electrons. The molecule has 15 heavy (non-hydrogen) atoms. The summed E-state index contributed by atoms with van der Waals surface area (Å²) < 4.78 is 6.53. The van der Waals surface area contributed by atoms with Gasteiger partial charge in [0.2, 0.25) is 5.95 Å². The van der Waals surface area contributed by atoms with Crippen LogP contribution in [0, 0.1) is 0 Å². The van der Waals surface area contributed by atoms with Crippen molar-refractivity contribution in [3.8, 4) is 0 Å². The van der Waals surface area contributed by atoms with Crippen molar-refractivity contribution < 1.29 is 9.53 Å². The molecule has 0 unspecified atom stereocenters. The molecule has 5 heteroatoms. The highest BCUT2D eigenvalue weighted by Crippen LogP contribution is 2.09. The van der Waals surface area contributed by atoms with Gasteiger partial charge in [-0.05, 0) is 6.42 Å². The summed E-state index contributed by atoms with van der Waals surface area (Å²) in [7, 11) is 3.30. The maximum Gasteiger partial charge on any atom is 0.325 e. The molecule has 5 nitrogen and oxygen atoms in total. The van der Waals surface area contributed by atoms with Crippen LogP contribution in [0.3, 0.4) is 0 Å². The Labute approximate surface area is 89.7 Å². The van der Waals surface area contributed by atoms with Crippen molar-refractivity contribution in [3.05, 3.63) is 12.4 Å². The molecule has 1 heterocycles. The first kappa shape index (κ1) is 11.6. The van der Waals surface area contributed by atoms with Gasteiger partial charge in [-0.2, -0.15) is 0 Å². The number of nitrogens with zero attached hydrogens (tertiary/aromatic N) is 3. The highest BCUT2D eigenvalue weighted by atomic mass is 16.5. The number of aromatic nitrogens is 2. The molecule has 0 atom stereocenters. The summed E-state index contributed by atoms with van der Waals surface area (Å²) in [5.74, 6) is 0.550. The van der Waals surface area contributed by atoms with Crippen LogP contribution < -0.4 is 4.90 Å². The van der Waals surface area contributed by atoms with Crippen LogP contribution in [-0.2, 0) is 16.6 Å². The van der Waals surface area contributed by atoms with Crippen LogP contribution in [0.25, 0.3) is 0 Å². The number of ether oxygens (including phenoxy) is 1. The lowest BCUT2D eigenvalue weighted by atomic mass is 10.4. The van der Waals surface area contributed by atoms with E-state index in [9.17, 15) is 4.79 Å². The smallest absolute Gasteiger partial charge is 0.325 e. The van der Waals surface area contributed by atoms with E-state index in [0.29, 0.717) is 0 Å². The summed E-state index contributed by atoms with van der Waals surface area (Å²) in [6.07, 6.45) is 4.54. The molecule has 1 rings (SSSR count). The maximum absolute atomic E-state index is 11.2. The van der Waals surface area contributed by atoms with E-state index < -0.39 is 0 Å². The quantitative estimate of drug-likeness (QED) is 0.676. The first-order chi connectivity index (χ1) is 7.19. The zero-order valence-corrected chi connectivity index (χ0v) is 9.43. The van der Waals surface area contributed by atoms with Gasteiger partial charge in [-0.15, -0.1) is 0 Å². The predicted molar refractivity (Wildman–Crippen MR) is 57.7 cm³/mol. The van der Waals surface area contributed by atoms with E-state index in [1.807, 2.05) is 22.7 Å². The first-order valence-electron chi connectivity index (χ1n) is 4.98. The Morgan fingerprint density at radius 1 is 1.67 bits per heavy atom. The second-order valence-corrected chi connectivity index (χ2v) is 3.34. The van der Waals surface area contributed by atoms with E-state index in [1.54, 1.807) is 6.20 Å². The number of imidazole rings is 1. The highest BCUT2D eigenvalue weighted by Gasteiger charge is 2.14. The molecule has 0 radical (unpaired) electrons. The van der Waals surface area contributed by atoms with Crippen molar-refractivity contribution in [1.29, 1.82) is 0 Å². The Morgan fingerprint density at radius 2 is 2.40 bits per heavy atom. The summed E-state index contributed by atoms with van der Waals surface area (Å²) >= 11 is 0. The van der Waals surface area contributed by atoms with E-state index in [2.05, 4.69) is 16.6 Å². The van der Waals surface area contributed by atoms with E-state index in [1.165, 1.54) is 7.11 Å². The van der Waals surface area contributed by atoms with E-state index in [0.717, 1.165) is 18.9 Å². The molecule has 0 amide bonds. The molecule has 0 aliphatic rings. The zero-order chi connectivity index (χ0) is 11.3. The van der Waals surface area contributed by atoms with Crippen LogP contribution in [0.2, 0.25) is 0 Å². The average molecular weight is 211 g/mol. The SMILES string of the molecule is CCCN(CC(=O)OC)c1nccn1C. The van der Waals surface area contributed by atoms with Crippen molar-refractivity contribution in [2.75, 3.05) is 25.1 Å². The fourth-order valence-corrected chi connectivity index (χ4v) is 1.40. The minimum absolute atomic E-state index is 0.244. The monoisotopic (exact) mass is 211 g/mol. The van der Waals surface area contributed by atoms with Crippen LogP contribution in [0.4, 0.5) is 5.95 Å². The number of esters is 1. The van der Waals surface area contributed by atoms with Crippen LogP contribution >= 0.6 is 0 Å². The van der Waals surface area contributed by atoms with Gasteiger partial charge >= 0.3 is 5.97 Å². The predicted octanol–water partition coefficient (Wildman–Crippen LogP) is 0.809. The Hall–Kier alpha value is -1.52. The van der Waals surface area contributed by atoms with Gasteiger partial charge in [-0.3, -0.25) is 4.79 Å². The van der Waals surface area contributed by atoms with Crippen LogP contribution in [0.15, 0.2) is 12.4 Å². The number of anilines is 1. The molecular weight excluding hydrogens is 194 g/mol. The third kappa shape index (κ3) is 2.97. The number of carbonyl (C=O) groups excluding carboxylic acids is 1. The van der Waals surface area contributed by atoms with Gasteiger partial charge in [0.1, 0.15) is 6.54 Å². The molecular formula is C10H17N3O2. The summed E-state index contributed by atoms with van der Waals surface area (Å²) in [6, 6.07) is 0. The van der Waals surface area contributed by atoms with Gasteiger partial charge in [-0.25, -0.2) is 4.98 Å². The van der Waals surface area contributed by atoms with Gasteiger partial charge in [0.15, 0.2) is 0 Å². The lowest BCUT2D eigenvalue weighted by molar-refractivity contribution is -0.138. The Bertz CT molecular complexity index is 322. The second kappa shape index (κ2) is 5.38. The number of aryl methyl sites for hydroxylation is 1. The fraction of sp³-hybridized carbons (Fsp3) is 0.600. The topological polar surface area (TPSA) is 47.4 Å². The van der Waals surface area contributed by atoms with Gasteiger partial charge in [0, 0.05) is 26.0 Å². The Balaban J connectivity index is 2.74. The van der Waals surface area contributed by atoms with E-state index in [-0.39, 0.29) is 12.5 Å². The zero-order valence-electron chi connectivity index (χ0n) is 9.43. The molecule has 0 aliphatic heterocycles. The summed E-state index contributed by atoms with van der Waals surface area (Å²) in [4.78, 5) is 17.3. The van der Waals surface area contributed by atoms with Gasteiger partial charge in [-0.1, -0.05) is 6.92 Å². The van der Waals surface area contributed by atoms with Gasteiger partial charge in [0.25, 0.3) is 0 Å². The molecule has 0 fully saturated rings. The number of rotatable bonds is 5. The molecule has 0 saturated carbocycles. The molecule has 1 aromatic rings. The van der Waals surface area contributed by atoms with Crippen LogP contribution in [-0.4, -0.2) is 35.7 Å². The van der Waals surface area contributed by atoms with Gasteiger partial charge < -0.3 is 14.2 Å². The first-order valence-corrected chi connectivity index (χ1v) is 4.98. The number of hydrogen-bond acceptors (Lipinski definition) is 4. The highest BCUT2D eigenvalue weighted by molar-refractivity contribution is 5.74. The van der Waals surface area contributed by atoms with E-state index in [4.69, 9.17) is 0 Å². The molecule has 0 spiro atoms. The van der Waals surface area contributed by atoms with E-state index >= 15 is 0 Å². The molecule has 1 aromatic heterocycles. The van der Waals surface area contributed by atoms with Crippen molar-refractivity contribution in [2.45, 2.75) is 13.3 Å². The largest absolute Gasteiger partial charge is 0.468 e. The molecule has 0 saturated heterocycles. The minimum Gasteiger partial charge on any atom is -0.468 e. The molecule has 0 aromatic carbocycles. The standard InChI is InChI=1S/C10H17N3O2/c1-4-6-13(8-9(14)15-3)10-11-5-7-12(10)2/h5,7H,4,6,8H2,1-3H3. The summed E-state index contributed by atoms with van der Waals surface area (Å²) in [5.41, 5.74) is 0. The summed E-state index contributed by atoms with van der Waals surface area (Å²) in [5, 5.41) is 0. The van der Waals surface area contributed by atoms with Crippen molar-refractivity contribution in [3.63, 3.8) is 0 Å². The second-order valence-electron chi connectivity index (χ2n) is 3.34. The molecule has 0 N–H and O–H groups in total. The third-order valence-electron chi connectivity index (χ3n) is 2.12. The number of hydrogen-bond donors (Lipinski definition) is 0. The Kier molecular flexibility index (Phi) is 4.15. The normalized spacial score (nSPS) is 10.1. The number of methoxy groups -OCH3 is 1. The van der Waals surface area contributed by atoms with Crippen LogP contribution in [0.5, 0.6) is 0 Å². The lowest BCUT2D eigenvalue weighted by Gasteiger charge is -2.21. The van der Waals surface area contributed by atoms with Crippen molar-refractivity contribution in [1.82, 2.24) is 9.55 Å². The van der Waals surface area contributed by atoms with Crippen molar-refractivity contribution in [2.24, 2.45) is 7.05 Å². The lowest BCUT2D eigenvalue weighted by Crippen LogP contribution is -2.33. The molecule has 0 bridgehead atoms. The van der Waals surface area contributed by atoms with Crippen LogP contribution in [0.1, 0.15) is 13.3 Å². The molecule has 0 aliphatic carbocycles.